The van der Waals surface area contributed by atoms with E-state index >= 15 is 0 Å². The Balaban J connectivity index is 2.26. The van der Waals surface area contributed by atoms with Crippen LogP contribution in [0.1, 0.15) is 6.92 Å². The van der Waals surface area contributed by atoms with E-state index in [1.54, 1.807) is 7.05 Å². The Morgan fingerprint density at radius 1 is 1.58 bits per heavy atom. The molecular formula is C10H15N5O4. The van der Waals surface area contributed by atoms with Crippen LogP contribution in [0.3, 0.4) is 0 Å². The number of carbonyl (C=O) groups is 1. The SMILES string of the molecule is C[C@H]1CN(C(=O)O)CCN1c1c([N+](=O)[O-])cnn1C. The summed E-state index contributed by atoms with van der Waals surface area (Å²) in [7, 11) is 1.64. The smallest absolute Gasteiger partial charge is 0.407 e. The summed E-state index contributed by atoms with van der Waals surface area (Å²) in [4.78, 5) is 24.6. The summed E-state index contributed by atoms with van der Waals surface area (Å²) in [5.74, 6) is 0.419. The van der Waals surface area contributed by atoms with Crippen LogP contribution >= 0.6 is 0 Å². The molecule has 1 atom stereocenters. The van der Waals surface area contributed by atoms with Gasteiger partial charge in [0.1, 0.15) is 6.20 Å². The Bertz CT molecular complexity index is 514. The number of anilines is 1. The number of nitrogens with zero attached hydrogens (tertiary/aromatic N) is 5. The lowest BCUT2D eigenvalue weighted by Crippen LogP contribution is -2.54. The Morgan fingerprint density at radius 2 is 2.26 bits per heavy atom. The van der Waals surface area contributed by atoms with E-state index in [0.717, 1.165) is 0 Å². The monoisotopic (exact) mass is 269 g/mol. The van der Waals surface area contributed by atoms with Gasteiger partial charge in [-0.2, -0.15) is 5.10 Å². The Labute approximate surface area is 109 Å². The van der Waals surface area contributed by atoms with Gasteiger partial charge in [-0.15, -0.1) is 0 Å². The Kier molecular flexibility index (Phi) is 3.28. The van der Waals surface area contributed by atoms with Crippen LogP contribution in [0.2, 0.25) is 0 Å². The van der Waals surface area contributed by atoms with Gasteiger partial charge in [0, 0.05) is 32.7 Å². The van der Waals surface area contributed by atoms with E-state index < -0.39 is 11.0 Å². The van der Waals surface area contributed by atoms with Gasteiger partial charge >= 0.3 is 11.8 Å². The number of amides is 1. The molecule has 2 heterocycles. The molecule has 0 aliphatic carbocycles. The number of piperazine rings is 1. The first-order valence-corrected chi connectivity index (χ1v) is 5.82. The third-order valence-corrected chi connectivity index (χ3v) is 3.26. The van der Waals surface area contributed by atoms with Gasteiger partial charge in [-0.1, -0.05) is 0 Å². The molecule has 0 bridgehead atoms. The van der Waals surface area contributed by atoms with Crippen molar-refractivity contribution in [2.24, 2.45) is 7.05 Å². The molecule has 9 heteroatoms. The molecular weight excluding hydrogens is 254 g/mol. The van der Waals surface area contributed by atoms with Gasteiger partial charge in [-0.3, -0.25) is 10.1 Å². The van der Waals surface area contributed by atoms with Crippen LogP contribution in [0.25, 0.3) is 0 Å². The van der Waals surface area contributed by atoms with Crippen LogP contribution in [0.15, 0.2) is 6.20 Å². The second-order valence-corrected chi connectivity index (χ2v) is 4.51. The van der Waals surface area contributed by atoms with Crippen molar-refractivity contribution in [1.82, 2.24) is 14.7 Å². The van der Waals surface area contributed by atoms with Crippen LogP contribution in [0, 0.1) is 10.1 Å². The van der Waals surface area contributed by atoms with E-state index in [2.05, 4.69) is 5.10 Å². The maximum atomic E-state index is 11.0. The molecule has 0 unspecified atom stereocenters. The number of hydrogen-bond acceptors (Lipinski definition) is 5. The van der Waals surface area contributed by atoms with Crippen LogP contribution < -0.4 is 4.90 Å². The van der Waals surface area contributed by atoms with Gasteiger partial charge in [-0.05, 0) is 6.92 Å². The third kappa shape index (κ3) is 2.30. The molecule has 1 N–H and O–H groups in total. The second-order valence-electron chi connectivity index (χ2n) is 4.51. The first-order valence-electron chi connectivity index (χ1n) is 5.82. The highest BCUT2D eigenvalue weighted by atomic mass is 16.6. The van der Waals surface area contributed by atoms with Gasteiger partial charge in [-0.25, -0.2) is 9.48 Å². The van der Waals surface area contributed by atoms with Gasteiger partial charge in [0.25, 0.3) is 0 Å². The average molecular weight is 269 g/mol. The van der Waals surface area contributed by atoms with Crippen molar-refractivity contribution in [3.8, 4) is 0 Å². The molecule has 9 nitrogen and oxygen atoms in total. The maximum absolute atomic E-state index is 11.0. The van der Waals surface area contributed by atoms with Crippen molar-refractivity contribution in [3.05, 3.63) is 16.3 Å². The highest BCUT2D eigenvalue weighted by Crippen LogP contribution is 2.29. The summed E-state index contributed by atoms with van der Waals surface area (Å²) in [6.07, 6.45) is 0.247. The molecule has 1 fully saturated rings. The summed E-state index contributed by atoms with van der Waals surface area (Å²) >= 11 is 0. The summed E-state index contributed by atoms with van der Waals surface area (Å²) in [5, 5.41) is 23.8. The molecule has 1 aliphatic heterocycles. The van der Waals surface area contributed by atoms with Gasteiger partial charge in [0.2, 0.25) is 5.82 Å². The molecule has 0 aromatic carbocycles. The van der Waals surface area contributed by atoms with Crippen LogP contribution in [-0.4, -0.2) is 56.5 Å². The lowest BCUT2D eigenvalue weighted by atomic mass is 10.2. The van der Waals surface area contributed by atoms with Gasteiger partial charge in [0.15, 0.2) is 0 Å². The molecule has 1 aliphatic rings. The van der Waals surface area contributed by atoms with Crippen molar-refractivity contribution in [1.29, 1.82) is 0 Å². The van der Waals surface area contributed by atoms with E-state index in [4.69, 9.17) is 5.11 Å². The molecule has 1 aromatic rings. The minimum atomic E-state index is -0.967. The quantitative estimate of drug-likeness (QED) is 0.619. The predicted molar refractivity (Wildman–Crippen MR) is 66.3 cm³/mol. The normalized spacial score (nSPS) is 19.6. The molecule has 1 amide bonds. The molecule has 1 aromatic heterocycles. The van der Waals surface area contributed by atoms with E-state index in [1.165, 1.54) is 15.8 Å². The molecule has 1 saturated heterocycles. The standard InChI is InChI=1S/C10H15N5O4/c1-7-6-13(10(16)17)3-4-14(7)9-8(15(18)19)5-11-12(9)2/h5,7H,3-4,6H2,1-2H3,(H,16,17)/t7-/m0/s1. The maximum Gasteiger partial charge on any atom is 0.407 e. The zero-order valence-electron chi connectivity index (χ0n) is 10.7. The number of carboxylic acid groups (broad SMARTS) is 1. The number of aryl methyl sites for hydroxylation is 1. The fourth-order valence-electron chi connectivity index (χ4n) is 2.33. The highest BCUT2D eigenvalue weighted by molar-refractivity contribution is 5.66. The summed E-state index contributed by atoms with van der Waals surface area (Å²) in [6.45, 7) is 2.89. The van der Waals surface area contributed by atoms with Crippen LogP contribution in [-0.2, 0) is 7.05 Å². The molecule has 19 heavy (non-hydrogen) atoms. The lowest BCUT2D eigenvalue weighted by molar-refractivity contribution is -0.384. The largest absolute Gasteiger partial charge is 0.465 e. The zero-order chi connectivity index (χ0) is 14.2. The van der Waals surface area contributed by atoms with Gasteiger partial charge < -0.3 is 14.9 Å². The minimum absolute atomic E-state index is 0.0573. The number of aromatic nitrogens is 2. The van der Waals surface area contributed by atoms with Crippen molar-refractivity contribution in [2.75, 3.05) is 24.5 Å². The van der Waals surface area contributed by atoms with E-state index in [9.17, 15) is 14.9 Å². The Morgan fingerprint density at radius 3 is 2.79 bits per heavy atom. The fourth-order valence-corrected chi connectivity index (χ4v) is 2.33. The lowest BCUT2D eigenvalue weighted by Gasteiger charge is -2.39. The van der Waals surface area contributed by atoms with E-state index in [-0.39, 0.29) is 11.7 Å². The van der Waals surface area contributed by atoms with Crippen molar-refractivity contribution < 1.29 is 14.8 Å². The van der Waals surface area contributed by atoms with Gasteiger partial charge in [0.05, 0.1) is 4.92 Å². The zero-order valence-corrected chi connectivity index (χ0v) is 10.7. The molecule has 0 spiro atoms. The summed E-state index contributed by atoms with van der Waals surface area (Å²) in [5.41, 5.74) is -0.0573. The molecule has 104 valence electrons. The molecule has 2 rings (SSSR count). The Hall–Kier alpha value is -2.32. The molecule has 0 radical (unpaired) electrons. The topological polar surface area (TPSA) is 105 Å². The summed E-state index contributed by atoms with van der Waals surface area (Å²) in [6, 6.07) is -0.140. The highest BCUT2D eigenvalue weighted by Gasteiger charge is 2.33. The van der Waals surface area contributed by atoms with Crippen LogP contribution in [0.4, 0.5) is 16.3 Å². The minimum Gasteiger partial charge on any atom is -0.465 e. The number of hydrogen-bond donors (Lipinski definition) is 1. The second kappa shape index (κ2) is 4.75. The first-order chi connectivity index (χ1) is 8.91. The van der Waals surface area contributed by atoms with Crippen molar-refractivity contribution in [3.63, 3.8) is 0 Å². The van der Waals surface area contributed by atoms with Crippen molar-refractivity contribution >= 4 is 17.6 Å². The van der Waals surface area contributed by atoms with E-state index in [1.807, 2.05) is 11.8 Å². The predicted octanol–water partition coefficient (Wildman–Crippen LogP) is 0.517. The number of rotatable bonds is 2. The van der Waals surface area contributed by atoms with Crippen LogP contribution in [0.5, 0.6) is 0 Å². The average Bonchev–Trinajstić information content (AvgIpc) is 2.71. The molecule has 0 saturated carbocycles. The first kappa shape index (κ1) is 13.1. The third-order valence-electron chi connectivity index (χ3n) is 3.26. The fraction of sp³-hybridized carbons (Fsp3) is 0.600. The summed E-state index contributed by atoms with van der Waals surface area (Å²) < 4.78 is 1.45. The van der Waals surface area contributed by atoms with Crippen molar-refractivity contribution in [2.45, 2.75) is 13.0 Å². The van der Waals surface area contributed by atoms with E-state index in [0.29, 0.717) is 25.5 Å². The number of nitro groups is 1.